The summed E-state index contributed by atoms with van der Waals surface area (Å²) in [5.41, 5.74) is 4.70. The highest BCUT2D eigenvalue weighted by molar-refractivity contribution is 5.82. The molecule has 2 aliphatic heterocycles. The van der Waals surface area contributed by atoms with Crippen LogP contribution in [0.1, 0.15) is 11.1 Å². The summed E-state index contributed by atoms with van der Waals surface area (Å²) >= 11 is 0. The fourth-order valence-electron chi connectivity index (χ4n) is 5.42. The lowest BCUT2D eigenvalue weighted by Gasteiger charge is -2.49. The fourth-order valence-corrected chi connectivity index (χ4v) is 5.42. The number of hydrogen-bond donors (Lipinski definition) is 1. The Balaban J connectivity index is 1.39. The predicted octanol–water partition coefficient (Wildman–Crippen LogP) is 3.93. The number of benzene rings is 3. The summed E-state index contributed by atoms with van der Waals surface area (Å²) < 4.78 is 11.2. The fraction of sp³-hybridized carbons (Fsp3) is 0.345. The molecule has 5 rings (SSSR count). The lowest BCUT2D eigenvalue weighted by atomic mass is 9.83. The Kier molecular flexibility index (Phi) is 6.80. The van der Waals surface area contributed by atoms with Gasteiger partial charge in [-0.3, -0.25) is 4.79 Å². The molecule has 6 nitrogen and oxygen atoms in total. The van der Waals surface area contributed by atoms with Crippen LogP contribution in [-0.4, -0.2) is 52.3 Å². The SMILES string of the molecule is COc1ccc2c(c1)N1CCN(c3ccccc3OC)C[C@@H]1[C@H](C(=O)NCCc1ccccc1)C2. The molecule has 2 heterocycles. The molecule has 35 heavy (non-hydrogen) atoms. The van der Waals surface area contributed by atoms with Gasteiger partial charge in [-0.15, -0.1) is 0 Å². The molecule has 3 aromatic rings. The molecule has 6 heteroatoms. The molecule has 0 aliphatic carbocycles. The minimum absolute atomic E-state index is 0.0602. The number of methoxy groups -OCH3 is 2. The van der Waals surface area contributed by atoms with Crippen molar-refractivity contribution < 1.29 is 14.3 Å². The quantitative estimate of drug-likeness (QED) is 0.566. The maximum Gasteiger partial charge on any atom is 0.225 e. The van der Waals surface area contributed by atoms with Gasteiger partial charge in [0.15, 0.2) is 0 Å². The summed E-state index contributed by atoms with van der Waals surface area (Å²) in [6.07, 6.45) is 1.55. The van der Waals surface area contributed by atoms with Gasteiger partial charge in [-0.25, -0.2) is 0 Å². The van der Waals surface area contributed by atoms with Gasteiger partial charge in [0.05, 0.1) is 31.9 Å². The number of carbonyl (C=O) groups excluding carboxylic acids is 1. The maximum atomic E-state index is 13.5. The van der Waals surface area contributed by atoms with E-state index in [4.69, 9.17) is 9.47 Å². The van der Waals surface area contributed by atoms with E-state index in [1.807, 2.05) is 42.5 Å². The van der Waals surface area contributed by atoms with E-state index in [-0.39, 0.29) is 17.9 Å². The maximum absolute atomic E-state index is 13.5. The number of rotatable bonds is 7. The smallest absolute Gasteiger partial charge is 0.225 e. The Bertz CT molecular complexity index is 1170. The third-order valence-corrected chi connectivity index (χ3v) is 7.24. The summed E-state index contributed by atoms with van der Waals surface area (Å²) in [7, 11) is 3.41. The van der Waals surface area contributed by atoms with Gasteiger partial charge in [-0.05, 0) is 42.2 Å². The van der Waals surface area contributed by atoms with Gasteiger partial charge in [0.2, 0.25) is 5.91 Å². The number of piperazine rings is 1. The van der Waals surface area contributed by atoms with E-state index in [1.54, 1.807) is 14.2 Å². The molecule has 2 atom stereocenters. The van der Waals surface area contributed by atoms with E-state index in [0.717, 1.165) is 49.7 Å². The molecule has 3 aromatic carbocycles. The molecule has 1 saturated heterocycles. The molecule has 0 radical (unpaired) electrons. The van der Waals surface area contributed by atoms with Crippen molar-refractivity contribution in [1.82, 2.24) is 5.32 Å². The average Bonchev–Trinajstić information content (AvgIpc) is 2.92. The van der Waals surface area contributed by atoms with Gasteiger partial charge < -0.3 is 24.6 Å². The first-order valence-electron chi connectivity index (χ1n) is 12.3. The second-order valence-electron chi connectivity index (χ2n) is 9.21. The van der Waals surface area contributed by atoms with Crippen LogP contribution in [0.2, 0.25) is 0 Å². The van der Waals surface area contributed by atoms with Crippen LogP contribution < -0.4 is 24.6 Å². The highest BCUT2D eigenvalue weighted by Gasteiger charge is 2.42. The number of carbonyl (C=O) groups is 1. The summed E-state index contributed by atoms with van der Waals surface area (Å²) in [6, 6.07) is 24.7. The molecule has 1 fully saturated rings. The van der Waals surface area contributed by atoms with Crippen LogP contribution in [0.3, 0.4) is 0 Å². The Hall–Kier alpha value is -3.67. The van der Waals surface area contributed by atoms with Crippen LogP contribution in [0.25, 0.3) is 0 Å². The molecule has 0 spiro atoms. The van der Waals surface area contributed by atoms with Crippen molar-refractivity contribution in [3.8, 4) is 11.5 Å². The Morgan fingerprint density at radius 3 is 2.54 bits per heavy atom. The highest BCUT2D eigenvalue weighted by atomic mass is 16.5. The molecular formula is C29H33N3O3. The van der Waals surface area contributed by atoms with Crippen molar-refractivity contribution in [1.29, 1.82) is 0 Å². The summed E-state index contributed by atoms with van der Waals surface area (Å²) in [5.74, 6) is 1.70. The van der Waals surface area contributed by atoms with E-state index in [1.165, 1.54) is 16.8 Å². The number of anilines is 2. The van der Waals surface area contributed by atoms with Gasteiger partial charge in [0, 0.05) is 37.9 Å². The lowest BCUT2D eigenvalue weighted by molar-refractivity contribution is -0.125. The van der Waals surface area contributed by atoms with E-state index in [9.17, 15) is 4.79 Å². The monoisotopic (exact) mass is 471 g/mol. The van der Waals surface area contributed by atoms with E-state index in [0.29, 0.717) is 6.54 Å². The first kappa shape index (κ1) is 23.1. The van der Waals surface area contributed by atoms with Gasteiger partial charge in [-0.2, -0.15) is 0 Å². The molecule has 0 aromatic heterocycles. The van der Waals surface area contributed by atoms with Crippen molar-refractivity contribution in [3.63, 3.8) is 0 Å². The van der Waals surface area contributed by atoms with Crippen LogP contribution in [0.4, 0.5) is 11.4 Å². The minimum Gasteiger partial charge on any atom is -0.497 e. The molecule has 0 bridgehead atoms. The van der Waals surface area contributed by atoms with E-state index >= 15 is 0 Å². The first-order valence-corrected chi connectivity index (χ1v) is 12.3. The number of nitrogens with one attached hydrogen (secondary N) is 1. The van der Waals surface area contributed by atoms with Gasteiger partial charge in [-0.1, -0.05) is 48.5 Å². The Labute approximate surface area is 207 Å². The number of amides is 1. The van der Waals surface area contributed by atoms with Gasteiger partial charge in [0.25, 0.3) is 0 Å². The number of fused-ring (bicyclic) bond motifs is 3. The number of para-hydroxylation sites is 2. The van der Waals surface area contributed by atoms with Crippen molar-refractivity contribution >= 4 is 17.3 Å². The third-order valence-electron chi connectivity index (χ3n) is 7.24. The van der Waals surface area contributed by atoms with Crippen LogP contribution >= 0.6 is 0 Å². The second kappa shape index (κ2) is 10.3. The number of hydrogen-bond acceptors (Lipinski definition) is 5. The molecule has 182 valence electrons. The zero-order chi connectivity index (χ0) is 24.2. The van der Waals surface area contributed by atoms with Crippen molar-refractivity contribution in [2.24, 2.45) is 5.92 Å². The molecule has 0 unspecified atom stereocenters. The first-order chi connectivity index (χ1) is 17.2. The molecular weight excluding hydrogens is 438 g/mol. The number of nitrogens with zero attached hydrogens (tertiary/aromatic N) is 2. The normalized spacial score (nSPS) is 18.9. The zero-order valence-corrected chi connectivity index (χ0v) is 20.4. The molecule has 1 N–H and O–H groups in total. The molecule has 1 amide bonds. The summed E-state index contributed by atoms with van der Waals surface area (Å²) in [4.78, 5) is 18.3. The summed E-state index contributed by atoms with van der Waals surface area (Å²) in [5, 5.41) is 3.23. The number of ether oxygens (including phenoxy) is 2. The van der Waals surface area contributed by atoms with E-state index in [2.05, 4.69) is 45.4 Å². The minimum atomic E-state index is -0.135. The Morgan fingerprint density at radius 1 is 0.943 bits per heavy atom. The van der Waals surface area contributed by atoms with Crippen LogP contribution in [0.5, 0.6) is 11.5 Å². The highest BCUT2D eigenvalue weighted by Crippen LogP contribution is 2.40. The zero-order valence-electron chi connectivity index (χ0n) is 20.4. The standard InChI is InChI=1S/C29H33N3O3/c1-34-23-13-12-22-18-24(29(33)30-15-14-21-8-4-3-5-9-21)27-20-31(16-17-32(27)26(22)19-23)25-10-6-7-11-28(25)35-2/h3-13,19,24,27H,14-18,20H2,1-2H3,(H,30,33)/t24-,27-/m1/s1. The lowest BCUT2D eigenvalue weighted by Crippen LogP contribution is -2.61. The third kappa shape index (κ3) is 4.78. The molecule has 0 saturated carbocycles. The Morgan fingerprint density at radius 2 is 1.74 bits per heavy atom. The summed E-state index contributed by atoms with van der Waals surface area (Å²) in [6.45, 7) is 3.08. The average molecular weight is 472 g/mol. The predicted molar refractivity (Wildman–Crippen MR) is 140 cm³/mol. The van der Waals surface area contributed by atoms with Crippen molar-refractivity contribution in [2.45, 2.75) is 18.9 Å². The van der Waals surface area contributed by atoms with Gasteiger partial charge in [0.1, 0.15) is 11.5 Å². The largest absolute Gasteiger partial charge is 0.497 e. The van der Waals surface area contributed by atoms with Gasteiger partial charge >= 0.3 is 0 Å². The topological polar surface area (TPSA) is 54.0 Å². The molecule has 2 aliphatic rings. The van der Waals surface area contributed by atoms with E-state index < -0.39 is 0 Å². The van der Waals surface area contributed by atoms with Crippen LogP contribution in [-0.2, 0) is 17.6 Å². The van der Waals surface area contributed by atoms with Crippen molar-refractivity contribution in [2.75, 3.05) is 50.2 Å². The second-order valence-corrected chi connectivity index (χ2v) is 9.21. The van der Waals surface area contributed by atoms with Crippen LogP contribution in [0, 0.1) is 5.92 Å². The van der Waals surface area contributed by atoms with Crippen molar-refractivity contribution in [3.05, 3.63) is 83.9 Å². The van der Waals surface area contributed by atoms with Crippen LogP contribution in [0.15, 0.2) is 72.8 Å².